The van der Waals surface area contributed by atoms with Crippen molar-refractivity contribution in [1.82, 2.24) is 9.55 Å². The van der Waals surface area contributed by atoms with Gasteiger partial charge in [-0.25, -0.2) is 9.78 Å². The van der Waals surface area contributed by atoms with Gasteiger partial charge in [0, 0.05) is 10.6 Å². The second-order valence-electron chi connectivity index (χ2n) is 6.76. The SMILES string of the molecule is CCCCOC(=O)c1cccc(NC(=O)Cn2cnc3sc(C)c(C)c3c2=O)c1. The molecule has 0 aliphatic heterocycles. The van der Waals surface area contributed by atoms with Gasteiger partial charge in [-0.3, -0.25) is 14.2 Å². The average molecular weight is 413 g/mol. The number of rotatable bonds is 7. The summed E-state index contributed by atoms with van der Waals surface area (Å²) in [5, 5.41) is 3.27. The van der Waals surface area contributed by atoms with E-state index in [1.54, 1.807) is 24.3 Å². The van der Waals surface area contributed by atoms with Crippen LogP contribution in [0.2, 0.25) is 0 Å². The molecule has 152 valence electrons. The van der Waals surface area contributed by atoms with Crippen molar-refractivity contribution in [3.63, 3.8) is 0 Å². The summed E-state index contributed by atoms with van der Waals surface area (Å²) in [4.78, 5) is 43.2. The van der Waals surface area contributed by atoms with E-state index < -0.39 is 5.97 Å². The summed E-state index contributed by atoms with van der Waals surface area (Å²) in [6.07, 6.45) is 3.13. The van der Waals surface area contributed by atoms with Crippen LogP contribution in [-0.4, -0.2) is 28.0 Å². The fourth-order valence-electron chi connectivity index (χ4n) is 2.85. The Kier molecular flexibility index (Phi) is 6.43. The first-order valence-corrected chi connectivity index (χ1v) is 10.2. The maximum Gasteiger partial charge on any atom is 0.338 e. The van der Waals surface area contributed by atoms with E-state index in [1.165, 1.54) is 22.2 Å². The van der Waals surface area contributed by atoms with Gasteiger partial charge in [0.05, 0.1) is 23.9 Å². The lowest BCUT2D eigenvalue weighted by molar-refractivity contribution is -0.116. The zero-order chi connectivity index (χ0) is 21.0. The largest absolute Gasteiger partial charge is 0.462 e. The third kappa shape index (κ3) is 4.71. The van der Waals surface area contributed by atoms with Crippen molar-refractivity contribution < 1.29 is 14.3 Å². The molecule has 0 bridgehead atoms. The zero-order valence-corrected chi connectivity index (χ0v) is 17.5. The van der Waals surface area contributed by atoms with E-state index in [-0.39, 0.29) is 18.0 Å². The van der Waals surface area contributed by atoms with Gasteiger partial charge in [-0.15, -0.1) is 11.3 Å². The van der Waals surface area contributed by atoms with E-state index >= 15 is 0 Å². The fraction of sp³-hybridized carbons (Fsp3) is 0.333. The number of fused-ring (bicyclic) bond motifs is 1. The number of carbonyl (C=O) groups is 2. The predicted octanol–water partition coefficient (Wildman–Crippen LogP) is 3.67. The summed E-state index contributed by atoms with van der Waals surface area (Å²) < 4.78 is 6.48. The summed E-state index contributed by atoms with van der Waals surface area (Å²) in [7, 11) is 0. The number of esters is 1. The summed E-state index contributed by atoms with van der Waals surface area (Å²) in [6, 6.07) is 6.54. The van der Waals surface area contributed by atoms with Crippen molar-refractivity contribution >= 4 is 39.1 Å². The van der Waals surface area contributed by atoms with Gasteiger partial charge < -0.3 is 10.1 Å². The molecule has 3 aromatic rings. The number of benzene rings is 1. The molecule has 0 spiro atoms. The van der Waals surface area contributed by atoms with E-state index in [1.807, 2.05) is 20.8 Å². The number of nitrogens with one attached hydrogen (secondary N) is 1. The highest BCUT2D eigenvalue weighted by Crippen LogP contribution is 2.25. The molecule has 8 heteroatoms. The molecule has 0 saturated carbocycles. The maximum atomic E-state index is 12.7. The minimum Gasteiger partial charge on any atom is -0.462 e. The van der Waals surface area contributed by atoms with Gasteiger partial charge in [0.15, 0.2) is 0 Å². The lowest BCUT2D eigenvalue weighted by Gasteiger charge is -2.09. The first-order chi connectivity index (χ1) is 13.9. The van der Waals surface area contributed by atoms with Crippen molar-refractivity contribution in [2.45, 2.75) is 40.2 Å². The fourth-order valence-corrected chi connectivity index (χ4v) is 3.84. The molecule has 1 aromatic carbocycles. The Labute approximate surface area is 172 Å². The van der Waals surface area contributed by atoms with Crippen molar-refractivity contribution in [1.29, 1.82) is 0 Å². The van der Waals surface area contributed by atoms with Crippen LogP contribution >= 0.6 is 11.3 Å². The van der Waals surface area contributed by atoms with Crippen LogP contribution in [0.4, 0.5) is 5.69 Å². The average Bonchev–Trinajstić information content (AvgIpc) is 2.99. The summed E-state index contributed by atoms with van der Waals surface area (Å²) in [5.41, 5.74) is 1.49. The summed E-state index contributed by atoms with van der Waals surface area (Å²) in [5.74, 6) is -0.807. The Morgan fingerprint density at radius 2 is 2.07 bits per heavy atom. The van der Waals surface area contributed by atoms with Gasteiger partial charge in [0.1, 0.15) is 11.4 Å². The van der Waals surface area contributed by atoms with Crippen LogP contribution in [-0.2, 0) is 16.1 Å². The Morgan fingerprint density at radius 3 is 2.83 bits per heavy atom. The van der Waals surface area contributed by atoms with Crippen LogP contribution in [0.25, 0.3) is 10.2 Å². The molecule has 1 N–H and O–H groups in total. The molecule has 2 aromatic heterocycles. The number of hydrogen-bond donors (Lipinski definition) is 1. The normalized spacial score (nSPS) is 10.9. The monoisotopic (exact) mass is 413 g/mol. The second-order valence-corrected chi connectivity index (χ2v) is 7.96. The van der Waals surface area contributed by atoms with Crippen molar-refractivity contribution in [2.24, 2.45) is 0 Å². The minimum absolute atomic E-state index is 0.165. The smallest absolute Gasteiger partial charge is 0.338 e. The van der Waals surface area contributed by atoms with Gasteiger partial charge in [-0.1, -0.05) is 19.4 Å². The molecular formula is C21H23N3O4S. The first kappa shape index (κ1) is 20.7. The van der Waals surface area contributed by atoms with Crippen molar-refractivity contribution in [3.8, 4) is 0 Å². The number of thiophene rings is 1. The highest BCUT2D eigenvalue weighted by atomic mass is 32.1. The zero-order valence-electron chi connectivity index (χ0n) is 16.7. The highest BCUT2D eigenvalue weighted by Gasteiger charge is 2.14. The van der Waals surface area contributed by atoms with Gasteiger partial charge >= 0.3 is 5.97 Å². The van der Waals surface area contributed by atoms with Gasteiger partial charge in [-0.05, 0) is 44.0 Å². The lowest BCUT2D eigenvalue weighted by atomic mass is 10.2. The maximum absolute atomic E-state index is 12.7. The summed E-state index contributed by atoms with van der Waals surface area (Å²) in [6.45, 7) is 6.04. The van der Waals surface area contributed by atoms with E-state index in [0.29, 0.717) is 28.1 Å². The number of anilines is 1. The molecule has 7 nitrogen and oxygen atoms in total. The van der Waals surface area contributed by atoms with Gasteiger partial charge in [-0.2, -0.15) is 0 Å². The lowest BCUT2D eigenvalue weighted by Crippen LogP contribution is -2.28. The number of amides is 1. The quantitative estimate of drug-likeness (QED) is 0.471. The molecule has 0 atom stereocenters. The van der Waals surface area contributed by atoms with E-state index in [0.717, 1.165) is 23.3 Å². The number of hydrogen-bond acceptors (Lipinski definition) is 6. The number of unbranched alkanes of at least 4 members (excludes halogenated alkanes) is 1. The third-order valence-corrected chi connectivity index (χ3v) is 5.70. The van der Waals surface area contributed by atoms with Crippen LogP contribution in [0.3, 0.4) is 0 Å². The number of aromatic nitrogens is 2. The van der Waals surface area contributed by atoms with Crippen LogP contribution < -0.4 is 10.9 Å². The standard InChI is InChI=1S/C21H23N3O4S/c1-4-5-9-28-21(27)15-7-6-8-16(10-15)23-17(25)11-24-12-22-19-18(20(24)26)13(2)14(3)29-19/h6-8,10,12H,4-5,9,11H2,1-3H3,(H,23,25). The molecule has 1 amide bonds. The third-order valence-electron chi connectivity index (χ3n) is 4.58. The molecule has 0 aliphatic rings. The van der Waals surface area contributed by atoms with E-state index in [4.69, 9.17) is 4.74 Å². The molecule has 2 heterocycles. The molecule has 0 radical (unpaired) electrons. The molecular weight excluding hydrogens is 390 g/mol. The molecule has 0 unspecified atom stereocenters. The van der Waals surface area contributed by atoms with E-state index in [9.17, 15) is 14.4 Å². The minimum atomic E-state index is -0.427. The van der Waals surface area contributed by atoms with Gasteiger partial charge in [0.2, 0.25) is 5.91 Å². The molecule has 0 saturated heterocycles. The molecule has 0 fully saturated rings. The Balaban J connectivity index is 1.71. The van der Waals surface area contributed by atoms with Crippen LogP contribution in [0.5, 0.6) is 0 Å². The topological polar surface area (TPSA) is 90.3 Å². The first-order valence-electron chi connectivity index (χ1n) is 9.43. The molecule has 0 aliphatic carbocycles. The van der Waals surface area contributed by atoms with Crippen molar-refractivity contribution in [2.75, 3.05) is 11.9 Å². The number of ether oxygens (including phenoxy) is 1. The Hall–Kier alpha value is -3.00. The van der Waals surface area contributed by atoms with E-state index in [2.05, 4.69) is 10.3 Å². The Morgan fingerprint density at radius 1 is 1.28 bits per heavy atom. The summed E-state index contributed by atoms with van der Waals surface area (Å²) >= 11 is 1.47. The van der Waals surface area contributed by atoms with Crippen LogP contribution in [0.15, 0.2) is 35.4 Å². The molecule has 3 rings (SSSR count). The van der Waals surface area contributed by atoms with Crippen molar-refractivity contribution in [3.05, 3.63) is 57.0 Å². The predicted molar refractivity (Wildman–Crippen MR) is 114 cm³/mol. The number of carbonyl (C=O) groups excluding carboxylic acids is 2. The number of nitrogens with zero attached hydrogens (tertiary/aromatic N) is 2. The van der Waals surface area contributed by atoms with Gasteiger partial charge in [0.25, 0.3) is 5.56 Å². The Bertz CT molecular complexity index is 1120. The molecule has 29 heavy (non-hydrogen) atoms. The highest BCUT2D eigenvalue weighted by molar-refractivity contribution is 7.18. The van der Waals surface area contributed by atoms with Crippen LogP contribution in [0, 0.1) is 13.8 Å². The number of aryl methyl sites for hydroxylation is 2. The van der Waals surface area contributed by atoms with Crippen LogP contribution in [0.1, 0.15) is 40.6 Å². The second kappa shape index (κ2) is 9.00.